The van der Waals surface area contributed by atoms with Gasteiger partial charge in [-0.15, -0.1) is 0 Å². The van der Waals surface area contributed by atoms with Crippen molar-refractivity contribution in [3.8, 4) is 0 Å². The average molecular weight is 468 g/mol. The van der Waals surface area contributed by atoms with Crippen LogP contribution in [0.15, 0.2) is 48.6 Å². The third-order valence-corrected chi connectivity index (χ3v) is 4.21. The second-order valence-electron chi connectivity index (χ2n) is 7.58. The predicted molar refractivity (Wildman–Crippen MR) is 117 cm³/mol. The van der Waals surface area contributed by atoms with Crippen LogP contribution in [-0.4, -0.2) is 22.4 Å². The van der Waals surface area contributed by atoms with Gasteiger partial charge in [0.1, 0.15) is 0 Å². The third-order valence-electron chi connectivity index (χ3n) is 4.21. The van der Waals surface area contributed by atoms with E-state index in [1.54, 1.807) is 27.7 Å². The zero-order chi connectivity index (χ0) is 20.5. The van der Waals surface area contributed by atoms with Crippen molar-refractivity contribution >= 4 is 0 Å². The first-order valence-corrected chi connectivity index (χ1v) is 10.0. The second-order valence-corrected chi connectivity index (χ2v) is 7.58. The van der Waals surface area contributed by atoms with E-state index in [0.29, 0.717) is 0 Å². The summed E-state index contributed by atoms with van der Waals surface area (Å²) in [6.07, 6.45) is 28.2. The van der Waals surface area contributed by atoms with Gasteiger partial charge in [-0.05, 0) is 78.1 Å². The van der Waals surface area contributed by atoms with E-state index in [-0.39, 0.29) is 38.4 Å². The molecule has 4 aliphatic rings. The fourth-order valence-corrected chi connectivity index (χ4v) is 3.14. The number of rotatable bonds is 3. The van der Waals surface area contributed by atoms with Crippen LogP contribution >= 0.6 is 0 Å². The van der Waals surface area contributed by atoms with Gasteiger partial charge in [-0.3, -0.25) is 0 Å². The minimum Gasteiger partial charge on any atom is -0.394 e. The molecule has 2 fully saturated rings. The van der Waals surface area contributed by atoms with Gasteiger partial charge in [0.25, 0.3) is 0 Å². The van der Waals surface area contributed by atoms with Crippen molar-refractivity contribution in [3.63, 3.8) is 0 Å². The zero-order valence-electron chi connectivity index (χ0n) is 17.9. The maximum Gasteiger partial charge on any atom is 2.00 e. The van der Waals surface area contributed by atoms with E-state index < -0.39 is 0 Å². The first-order chi connectivity index (χ1) is 13.4. The Hall–Kier alpha value is -0.237. The van der Waals surface area contributed by atoms with Gasteiger partial charge >= 0.3 is 26.2 Å². The molecule has 0 atom stereocenters. The van der Waals surface area contributed by atoms with Gasteiger partial charge in [-0.1, -0.05) is 48.6 Å². The molecule has 0 unspecified atom stereocenters. The molecule has 0 aliphatic heterocycles. The predicted octanol–water partition coefficient (Wildman–Crippen LogP) is 5.08. The molecule has 0 aromatic carbocycles. The van der Waals surface area contributed by atoms with Crippen LogP contribution in [0.4, 0.5) is 0 Å². The van der Waals surface area contributed by atoms with Crippen molar-refractivity contribution in [2.75, 3.05) is 0 Å². The second kappa shape index (κ2) is 13.9. The standard InChI is InChI=1S/C20H16.2C3H8O.Zr/c1-3-7-19-15(5-1)9-11-17(19)13-14-18-12-10-16-6-2-4-8-20(16)18;2*1-3(2)4;/h1-12H,13-14H2;2*3-4H,1-2H3;/q;;;+2. The Balaban J connectivity index is 0.000000405. The Labute approximate surface area is 198 Å². The van der Waals surface area contributed by atoms with Crippen LogP contribution in [0.25, 0.3) is 0 Å². The average Bonchev–Trinajstić information content (AvgIpc) is 3.23. The molecular weight excluding hydrogens is 436 g/mol. The molecule has 2 nitrogen and oxygen atoms in total. The summed E-state index contributed by atoms with van der Waals surface area (Å²) < 4.78 is 0. The van der Waals surface area contributed by atoms with Crippen molar-refractivity contribution < 1.29 is 36.4 Å². The van der Waals surface area contributed by atoms with Crippen LogP contribution < -0.4 is 0 Å². The fourth-order valence-electron chi connectivity index (χ4n) is 3.14. The normalized spacial score (nSPS) is 22.2. The van der Waals surface area contributed by atoms with Crippen molar-refractivity contribution in [1.29, 1.82) is 0 Å². The molecule has 3 heteroatoms. The maximum atomic E-state index is 8.06. The quantitative estimate of drug-likeness (QED) is 0.607. The molecule has 29 heavy (non-hydrogen) atoms. The number of aliphatic hydroxyl groups is 2. The van der Waals surface area contributed by atoms with Crippen LogP contribution in [0.2, 0.25) is 0 Å². The van der Waals surface area contributed by atoms with Gasteiger partial charge in [0.05, 0.1) is 0 Å². The largest absolute Gasteiger partial charge is 2.00 e. The van der Waals surface area contributed by atoms with Gasteiger partial charge in [-0.25, -0.2) is 0 Å². The monoisotopic (exact) mass is 466 g/mol. The summed E-state index contributed by atoms with van der Waals surface area (Å²) in [5.74, 6) is 8.45. The van der Waals surface area contributed by atoms with E-state index in [1.165, 1.54) is 35.5 Å². The Morgan fingerprint density at radius 1 is 0.586 bits per heavy atom. The molecule has 150 valence electrons. The third kappa shape index (κ3) is 9.20. The van der Waals surface area contributed by atoms with E-state index in [2.05, 4.69) is 74.3 Å². The van der Waals surface area contributed by atoms with Crippen molar-refractivity contribution in [3.05, 3.63) is 110 Å². The molecule has 2 N–H and O–H groups in total. The van der Waals surface area contributed by atoms with Gasteiger partial charge < -0.3 is 10.2 Å². The van der Waals surface area contributed by atoms with E-state index in [4.69, 9.17) is 10.2 Å². The molecule has 2 saturated carbocycles. The summed E-state index contributed by atoms with van der Waals surface area (Å²) in [5.41, 5.74) is 0. The molecule has 4 aliphatic carbocycles. The first-order valence-electron chi connectivity index (χ1n) is 10.0. The Morgan fingerprint density at radius 2 is 0.897 bits per heavy atom. The van der Waals surface area contributed by atoms with E-state index in [1.807, 2.05) is 0 Å². The van der Waals surface area contributed by atoms with Crippen LogP contribution in [0.3, 0.4) is 0 Å². The van der Waals surface area contributed by atoms with Gasteiger partial charge in [0, 0.05) is 35.9 Å². The first kappa shape index (κ1) is 26.8. The zero-order valence-corrected chi connectivity index (χ0v) is 20.3. The van der Waals surface area contributed by atoms with Crippen molar-refractivity contribution in [2.45, 2.75) is 52.7 Å². The summed E-state index contributed by atoms with van der Waals surface area (Å²) in [7, 11) is 0. The number of fused-ring (bicyclic) bond motifs is 2. The minimum absolute atomic E-state index is 0. The van der Waals surface area contributed by atoms with Gasteiger partial charge in [0.15, 0.2) is 0 Å². The number of allylic oxidation sites excluding steroid dienone is 8. The van der Waals surface area contributed by atoms with Crippen LogP contribution in [0.5, 0.6) is 0 Å². The van der Waals surface area contributed by atoms with E-state index in [0.717, 1.165) is 12.8 Å². The molecule has 0 bridgehead atoms. The number of hydrogen-bond donors (Lipinski definition) is 2. The summed E-state index contributed by atoms with van der Waals surface area (Å²) in [5, 5.41) is 16.1. The van der Waals surface area contributed by atoms with Crippen LogP contribution in [0.1, 0.15) is 40.5 Å². The minimum atomic E-state index is -0.167. The van der Waals surface area contributed by atoms with E-state index >= 15 is 0 Å². The SMILES string of the molecule is CC(C)O.CC(C)O.[CH]1[CH][C](CC[C]2[CH][CH][C]3C=CC=C[C]32)[C]2C=CC=C[C]12.[Zr+2]. The van der Waals surface area contributed by atoms with Crippen molar-refractivity contribution in [2.24, 2.45) is 0 Å². The topological polar surface area (TPSA) is 40.5 Å². The molecule has 0 saturated heterocycles. The maximum absolute atomic E-state index is 8.06. The Kier molecular flexibility index (Phi) is 12.9. The summed E-state index contributed by atoms with van der Waals surface area (Å²) >= 11 is 0. The van der Waals surface area contributed by atoms with Crippen LogP contribution in [0, 0.1) is 61.2 Å². The Bertz CT molecular complexity index is 506. The fraction of sp³-hybridized carbons (Fsp3) is 0.308. The van der Waals surface area contributed by atoms with Crippen molar-refractivity contribution in [1.82, 2.24) is 0 Å². The molecule has 0 aromatic rings. The molecular formula is C26H32O2Zr+2. The summed E-state index contributed by atoms with van der Waals surface area (Å²) in [6, 6.07) is 0. The number of aliphatic hydroxyl groups excluding tert-OH is 2. The smallest absolute Gasteiger partial charge is 0.394 e. The van der Waals surface area contributed by atoms with Gasteiger partial charge in [-0.2, -0.15) is 0 Å². The molecule has 0 amide bonds. The van der Waals surface area contributed by atoms with Gasteiger partial charge in [0.2, 0.25) is 0 Å². The summed E-state index contributed by atoms with van der Waals surface area (Å²) in [4.78, 5) is 0. The number of hydrogen-bond acceptors (Lipinski definition) is 2. The molecule has 0 spiro atoms. The van der Waals surface area contributed by atoms with Crippen LogP contribution in [-0.2, 0) is 26.2 Å². The molecule has 0 heterocycles. The molecule has 0 aromatic heterocycles. The summed E-state index contributed by atoms with van der Waals surface area (Å²) in [6.45, 7) is 6.89. The molecule has 10 radical (unpaired) electrons. The van der Waals surface area contributed by atoms with E-state index in [9.17, 15) is 0 Å². The molecule has 4 rings (SSSR count). The Morgan fingerprint density at radius 3 is 1.24 bits per heavy atom.